The SMILES string of the molecule is NC(Cc1ccc(O)c(OC2OC(CO)C(O)C(O)C2O)c1)C(=O)O. The Morgan fingerprint density at radius 1 is 1.24 bits per heavy atom. The van der Waals surface area contributed by atoms with E-state index < -0.39 is 49.3 Å². The molecule has 1 aliphatic rings. The molecule has 0 bridgehead atoms. The number of phenols is 1. The zero-order valence-corrected chi connectivity index (χ0v) is 13.1. The molecule has 6 unspecified atom stereocenters. The van der Waals surface area contributed by atoms with Crippen LogP contribution in [0.4, 0.5) is 0 Å². The molecule has 1 aromatic carbocycles. The van der Waals surface area contributed by atoms with E-state index in [1.807, 2.05) is 0 Å². The third-order valence-corrected chi connectivity index (χ3v) is 3.89. The van der Waals surface area contributed by atoms with Crippen molar-refractivity contribution in [3.8, 4) is 11.5 Å². The summed E-state index contributed by atoms with van der Waals surface area (Å²) in [7, 11) is 0. The second-order valence-corrected chi connectivity index (χ2v) is 5.77. The summed E-state index contributed by atoms with van der Waals surface area (Å²) in [4.78, 5) is 10.8. The number of benzene rings is 1. The van der Waals surface area contributed by atoms with Gasteiger partial charge in [0.1, 0.15) is 30.5 Å². The molecule has 2 rings (SSSR count). The van der Waals surface area contributed by atoms with Crippen LogP contribution in [-0.4, -0.2) is 80.0 Å². The summed E-state index contributed by atoms with van der Waals surface area (Å²) in [6, 6.07) is 2.88. The highest BCUT2D eigenvalue weighted by Gasteiger charge is 2.44. The Morgan fingerprint density at radius 2 is 1.92 bits per heavy atom. The number of aliphatic hydroxyl groups excluding tert-OH is 4. The maximum atomic E-state index is 10.8. The Kier molecular flexibility index (Phi) is 6.16. The molecule has 0 amide bonds. The number of aromatic hydroxyl groups is 1. The third kappa shape index (κ3) is 4.37. The van der Waals surface area contributed by atoms with E-state index in [4.69, 9.17) is 25.4 Å². The van der Waals surface area contributed by atoms with Gasteiger partial charge >= 0.3 is 5.97 Å². The molecule has 25 heavy (non-hydrogen) atoms. The molecule has 0 saturated carbocycles. The smallest absolute Gasteiger partial charge is 0.320 e. The molecule has 0 spiro atoms. The van der Waals surface area contributed by atoms with Crippen molar-refractivity contribution < 1.29 is 44.9 Å². The fourth-order valence-corrected chi connectivity index (χ4v) is 2.41. The van der Waals surface area contributed by atoms with Crippen LogP contribution >= 0.6 is 0 Å². The number of ether oxygens (including phenoxy) is 2. The average molecular weight is 359 g/mol. The first-order chi connectivity index (χ1) is 11.7. The number of aliphatic hydroxyl groups is 4. The molecular formula is C15H21NO9. The average Bonchev–Trinajstić information content (AvgIpc) is 2.58. The molecule has 8 N–H and O–H groups in total. The summed E-state index contributed by atoms with van der Waals surface area (Å²) in [6.45, 7) is -0.621. The van der Waals surface area contributed by atoms with E-state index >= 15 is 0 Å². The highest BCUT2D eigenvalue weighted by molar-refractivity contribution is 5.73. The molecule has 1 saturated heterocycles. The van der Waals surface area contributed by atoms with E-state index in [1.54, 1.807) is 0 Å². The number of rotatable bonds is 6. The largest absolute Gasteiger partial charge is 0.504 e. The maximum absolute atomic E-state index is 10.8. The minimum Gasteiger partial charge on any atom is -0.504 e. The topological polar surface area (TPSA) is 183 Å². The van der Waals surface area contributed by atoms with Gasteiger partial charge in [-0.3, -0.25) is 4.79 Å². The van der Waals surface area contributed by atoms with Gasteiger partial charge in [0.15, 0.2) is 11.5 Å². The number of nitrogens with two attached hydrogens (primary N) is 1. The number of aliphatic carboxylic acids is 1. The second-order valence-electron chi connectivity index (χ2n) is 5.77. The van der Waals surface area contributed by atoms with Crippen LogP contribution in [0.2, 0.25) is 0 Å². The van der Waals surface area contributed by atoms with Crippen LogP contribution in [0, 0.1) is 0 Å². The number of hydrogen-bond donors (Lipinski definition) is 7. The molecule has 0 radical (unpaired) electrons. The highest BCUT2D eigenvalue weighted by atomic mass is 16.7. The van der Waals surface area contributed by atoms with Crippen molar-refractivity contribution in [3.63, 3.8) is 0 Å². The van der Waals surface area contributed by atoms with Crippen LogP contribution in [-0.2, 0) is 16.0 Å². The zero-order chi connectivity index (χ0) is 18.7. The van der Waals surface area contributed by atoms with E-state index in [1.165, 1.54) is 18.2 Å². The van der Waals surface area contributed by atoms with Crippen LogP contribution in [0.1, 0.15) is 5.56 Å². The molecule has 6 atom stereocenters. The van der Waals surface area contributed by atoms with E-state index in [9.17, 15) is 25.2 Å². The van der Waals surface area contributed by atoms with Gasteiger partial charge in [0.05, 0.1) is 6.61 Å². The summed E-state index contributed by atoms with van der Waals surface area (Å²) in [5.41, 5.74) is 5.91. The Morgan fingerprint density at radius 3 is 2.52 bits per heavy atom. The number of carboxylic acid groups (broad SMARTS) is 1. The van der Waals surface area contributed by atoms with E-state index in [-0.39, 0.29) is 17.9 Å². The number of carboxylic acids is 1. The number of hydrogen-bond acceptors (Lipinski definition) is 9. The van der Waals surface area contributed by atoms with Gasteiger partial charge in [0.25, 0.3) is 0 Å². The van der Waals surface area contributed by atoms with Crippen molar-refractivity contribution in [1.29, 1.82) is 0 Å². The molecule has 140 valence electrons. The van der Waals surface area contributed by atoms with Crippen molar-refractivity contribution >= 4 is 5.97 Å². The van der Waals surface area contributed by atoms with Crippen molar-refractivity contribution in [2.24, 2.45) is 5.73 Å². The van der Waals surface area contributed by atoms with Crippen LogP contribution in [0.5, 0.6) is 11.5 Å². The fourth-order valence-electron chi connectivity index (χ4n) is 2.41. The predicted molar refractivity (Wildman–Crippen MR) is 81.8 cm³/mol. The second kappa shape index (κ2) is 7.95. The lowest BCUT2D eigenvalue weighted by Gasteiger charge is -2.39. The first kappa shape index (κ1) is 19.4. The standard InChI is InChI=1S/C15H21NO9/c16-7(14(22)23)3-6-1-2-8(18)9(4-6)24-15-13(21)12(20)11(19)10(5-17)25-15/h1-2,4,7,10-13,15,17-21H,3,5,16H2,(H,22,23). The van der Waals surface area contributed by atoms with Crippen molar-refractivity contribution in [3.05, 3.63) is 23.8 Å². The van der Waals surface area contributed by atoms with Crippen LogP contribution < -0.4 is 10.5 Å². The quantitative estimate of drug-likeness (QED) is 0.287. The Balaban J connectivity index is 2.17. The molecule has 0 aromatic heterocycles. The molecule has 10 nitrogen and oxygen atoms in total. The monoisotopic (exact) mass is 359 g/mol. The van der Waals surface area contributed by atoms with Gasteiger partial charge in [-0.15, -0.1) is 0 Å². The minimum atomic E-state index is -1.64. The van der Waals surface area contributed by atoms with E-state index in [0.29, 0.717) is 5.56 Å². The van der Waals surface area contributed by atoms with Gasteiger partial charge in [-0.2, -0.15) is 0 Å². The maximum Gasteiger partial charge on any atom is 0.320 e. The summed E-state index contributed by atoms with van der Waals surface area (Å²) in [5.74, 6) is -1.64. The fraction of sp³-hybridized carbons (Fsp3) is 0.533. The molecule has 1 aliphatic heterocycles. The van der Waals surface area contributed by atoms with Gasteiger partial charge in [-0.25, -0.2) is 0 Å². The lowest BCUT2D eigenvalue weighted by Crippen LogP contribution is -2.60. The number of phenolic OH excluding ortho intramolecular Hbond substituents is 1. The molecule has 1 aromatic rings. The van der Waals surface area contributed by atoms with Crippen LogP contribution in [0.25, 0.3) is 0 Å². The first-order valence-electron chi connectivity index (χ1n) is 7.52. The Bertz CT molecular complexity index is 609. The molecular weight excluding hydrogens is 338 g/mol. The number of carbonyl (C=O) groups is 1. The van der Waals surface area contributed by atoms with E-state index in [2.05, 4.69) is 0 Å². The Labute approximate surface area is 142 Å². The van der Waals surface area contributed by atoms with Gasteiger partial charge < -0.3 is 45.8 Å². The molecule has 1 heterocycles. The zero-order valence-electron chi connectivity index (χ0n) is 13.1. The normalized spacial score (nSPS) is 30.7. The summed E-state index contributed by atoms with van der Waals surface area (Å²) in [6.07, 6.45) is -7.45. The van der Waals surface area contributed by atoms with Crippen molar-refractivity contribution in [2.75, 3.05) is 6.61 Å². The van der Waals surface area contributed by atoms with Gasteiger partial charge in [0.2, 0.25) is 6.29 Å². The molecule has 0 aliphatic carbocycles. The lowest BCUT2D eigenvalue weighted by molar-refractivity contribution is -0.277. The summed E-state index contributed by atoms with van der Waals surface area (Å²) in [5, 5.41) is 57.2. The molecule has 1 fully saturated rings. The first-order valence-corrected chi connectivity index (χ1v) is 7.52. The predicted octanol–water partition coefficient (Wildman–Crippen LogP) is -2.47. The lowest BCUT2D eigenvalue weighted by atomic mass is 9.99. The third-order valence-electron chi connectivity index (χ3n) is 3.89. The van der Waals surface area contributed by atoms with Gasteiger partial charge in [-0.05, 0) is 24.1 Å². The summed E-state index contributed by atoms with van der Waals surface area (Å²) >= 11 is 0. The van der Waals surface area contributed by atoms with E-state index in [0.717, 1.165) is 0 Å². The van der Waals surface area contributed by atoms with Crippen LogP contribution in [0.3, 0.4) is 0 Å². The highest BCUT2D eigenvalue weighted by Crippen LogP contribution is 2.31. The van der Waals surface area contributed by atoms with Crippen molar-refractivity contribution in [1.82, 2.24) is 0 Å². The Hall–Kier alpha value is -1.95. The van der Waals surface area contributed by atoms with Crippen LogP contribution in [0.15, 0.2) is 18.2 Å². The summed E-state index contributed by atoms with van der Waals surface area (Å²) < 4.78 is 10.5. The van der Waals surface area contributed by atoms with Crippen molar-refractivity contribution in [2.45, 2.75) is 43.2 Å². The van der Waals surface area contributed by atoms with Gasteiger partial charge in [-0.1, -0.05) is 6.07 Å². The molecule has 10 heteroatoms. The van der Waals surface area contributed by atoms with Gasteiger partial charge in [0, 0.05) is 0 Å². The minimum absolute atomic E-state index is 0.0271.